The fourth-order valence-corrected chi connectivity index (χ4v) is 5.99. The molecule has 0 aromatic carbocycles. The van der Waals surface area contributed by atoms with E-state index in [9.17, 15) is 38.4 Å². The van der Waals surface area contributed by atoms with E-state index in [0.717, 1.165) is 0 Å². The van der Waals surface area contributed by atoms with Gasteiger partial charge in [-0.25, -0.2) is 4.98 Å². The van der Waals surface area contributed by atoms with Gasteiger partial charge in [-0.05, 0) is 24.7 Å². The molecule has 3 rings (SSSR count). The number of nitrogens with zero attached hydrogens (tertiary/aromatic N) is 3. The van der Waals surface area contributed by atoms with Gasteiger partial charge in [-0.2, -0.15) is 0 Å². The van der Waals surface area contributed by atoms with E-state index < -0.39 is 89.8 Å². The number of carbonyl (C=O) groups is 8. The Morgan fingerprint density at radius 1 is 0.979 bits per heavy atom. The lowest BCUT2D eigenvalue weighted by atomic mass is 9.92. The van der Waals surface area contributed by atoms with Gasteiger partial charge in [0.1, 0.15) is 36.1 Å². The zero-order chi connectivity index (χ0) is 35.0. The fraction of sp³-hybridized carbons (Fsp3) is 0.613. The minimum Gasteiger partial charge on any atom is -0.480 e. The first kappa shape index (κ1) is 36.7. The van der Waals surface area contributed by atoms with Gasteiger partial charge in [-0.15, -0.1) is 0 Å². The van der Waals surface area contributed by atoms with Crippen LogP contribution in [0.15, 0.2) is 18.6 Å². The second-order valence-corrected chi connectivity index (χ2v) is 12.5. The highest BCUT2D eigenvalue weighted by Crippen LogP contribution is 2.41. The zero-order valence-electron chi connectivity index (χ0n) is 27.1. The van der Waals surface area contributed by atoms with Crippen LogP contribution in [0.4, 0.5) is 0 Å². The maximum absolute atomic E-state index is 14.1. The van der Waals surface area contributed by atoms with Crippen molar-refractivity contribution in [2.75, 3.05) is 13.1 Å². The third kappa shape index (κ3) is 8.95. The Kier molecular flexibility index (Phi) is 12.6. The van der Waals surface area contributed by atoms with Crippen LogP contribution in [0.25, 0.3) is 0 Å². The first-order chi connectivity index (χ1) is 22.2. The highest BCUT2D eigenvalue weighted by atomic mass is 16.4. The summed E-state index contributed by atoms with van der Waals surface area (Å²) < 4.78 is 0. The molecular weight excluding hydrogens is 614 g/mol. The molecule has 1 aromatic heterocycles. The minimum absolute atomic E-state index is 0.00351. The van der Waals surface area contributed by atoms with Crippen molar-refractivity contribution in [3.8, 4) is 0 Å². The quantitative estimate of drug-likeness (QED) is 0.147. The van der Waals surface area contributed by atoms with Gasteiger partial charge in [0.2, 0.25) is 23.5 Å². The molecule has 2 fully saturated rings. The van der Waals surface area contributed by atoms with Crippen molar-refractivity contribution in [2.24, 2.45) is 23.7 Å². The summed E-state index contributed by atoms with van der Waals surface area (Å²) in [5, 5.41) is 18.8. The number of nitrogens with one attached hydrogen (secondary N) is 4. The Hall–Kier alpha value is -4.76. The van der Waals surface area contributed by atoms with Crippen molar-refractivity contribution in [1.82, 2.24) is 36.1 Å². The predicted octanol–water partition coefficient (Wildman–Crippen LogP) is -0.767. The van der Waals surface area contributed by atoms with Gasteiger partial charge in [0.15, 0.2) is 0 Å². The lowest BCUT2D eigenvalue weighted by molar-refractivity contribution is -0.145. The molecule has 6 atom stereocenters. The van der Waals surface area contributed by atoms with Crippen molar-refractivity contribution < 1.29 is 43.5 Å². The Bertz CT molecular complexity index is 1380. The lowest BCUT2D eigenvalue weighted by Gasteiger charge is -2.33. The average Bonchev–Trinajstić information content (AvgIpc) is 3.59. The molecule has 5 N–H and O–H groups in total. The van der Waals surface area contributed by atoms with Crippen LogP contribution in [0.5, 0.6) is 0 Å². The molecule has 1 aliphatic carbocycles. The Morgan fingerprint density at radius 3 is 2.23 bits per heavy atom. The zero-order valence-corrected chi connectivity index (χ0v) is 27.1. The highest BCUT2D eigenvalue weighted by molar-refractivity contribution is 6.38. The van der Waals surface area contributed by atoms with Crippen LogP contribution in [-0.4, -0.2) is 104 Å². The molecule has 0 spiro atoms. The summed E-state index contributed by atoms with van der Waals surface area (Å²) in [6.07, 6.45) is 5.01. The average molecular weight is 658 g/mol. The number of Topliss-reactive ketones (excluding diaryl/α,β-unsaturated/α-hetero) is 2. The topological polar surface area (TPSA) is 234 Å². The van der Waals surface area contributed by atoms with E-state index in [-0.39, 0.29) is 36.8 Å². The predicted molar refractivity (Wildman–Crippen MR) is 164 cm³/mol. The monoisotopic (exact) mass is 657 g/mol. The molecular formula is C31H43N7O9. The number of rotatable bonds is 15. The molecule has 47 heavy (non-hydrogen) atoms. The molecule has 0 bridgehead atoms. The van der Waals surface area contributed by atoms with Crippen molar-refractivity contribution in [1.29, 1.82) is 0 Å². The fourth-order valence-electron chi connectivity index (χ4n) is 5.99. The molecule has 16 nitrogen and oxygen atoms in total. The molecule has 2 aliphatic rings. The molecule has 256 valence electrons. The van der Waals surface area contributed by atoms with E-state index in [0.29, 0.717) is 12.8 Å². The Balaban J connectivity index is 1.83. The van der Waals surface area contributed by atoms with Gasteiger partial charge in [0, 0.05) is 37.2 Å². The molecule has 1 aliphatic heterocycles. The van der Waals surface area contributed by atoms with E-state index in [1.807, 2.05) is 5.32 Å². The molecule has 1 aromatic rings. The van der Waals surface area contributed by atoms with Crippen LogP contribution < -0.4 is 21.3 Å². The summed E-state index contributed by atoms with van der Waals surface area (Å²) in [5.41, 5.74) is 0.00351. The smallest absolute Gasteiger partial charge is 0.322 e. The number of aliphatic carboxylic acids is 1. The van der Waals surface area contributed by atoms with Gasteiger partial charge in [-0.1, -0.05) is 41.0 Å². The van der Waals surface area contributed by atoms with E-state index in [1.165, 1.54) is 23.5 Å². The number of amides is 5. The van der Waals surface area contributed by atoms with E-state index in [1.54, 1.807) is 34.6 Å². The third-order valence-corrected chi connectivity index (χ3v) is 8.44. The first-order valence-electron chi connectivity index (χ1n) is 15.7. The SMILES string of the molecule is CCCC(NC(=O)[C@@H]1[C@H]2CCC(=O)[C@H]2CN1C(=O)[C@@H](NC(=O)[C@H](NC(=O)c1cnccn1)C(C)C)C(C)C)C(=O)C(=O)NCC(=O)O. The van der Waals surface area contributed by atoms with Crippen LogP contribution in [0.2, 0.25) is 0 Å². The van der Waals surface area contributed by atoms with Gasteiger partial charge in [0.05, 0.1) is 12.2 Å². The van der Waals surface area contributed by atoms with E-state index >= 15 is 0 Å². The number of carboxylic acids is 1. The van der Waals surface area contributed by atoms with E-state index in [4.69, 9.17) is 5.11 Å². The Labute approximate surface area is 272 Å². The summed E-state index contributed by atoms with van der Waals surface area (Å²) in [6, 6.07) is -4.65. The summed E-state index contributed by atoms with van der Waals surface area (Å²) in [6.45, 7) is 7.73. The first-order valence-corrected chi connectivity index (χ1v) is 15.7. The molecule has 5 amide bonds. The number of aromatic nitrogens is 2. The lowest BCUT2D eigenvalue weighted by Crippen LogP contribution is -2.60. The van der Waals surface area contributed by atoms with Gasteiger partial charge in [0.25, 0.3) is 11.8 Å². The number of carboxylic acid groups (broad SMARTS) is 1. The standard InChI is InChI=1S/C31H43N7O9/c1-6-7-19(26(42)30(46)34-13-22(40)41)35-29(45)25-17-8-9-21(39)18(17)14-38(25)31(47)24(16(4)5)37-28(44)23(15(2)3)36-27(43)20-12-32-10-11-33-20/h10-12,15-19,23-25H,6-9,13-14H2,1-5H3,(H,34,46)(H,35,45)(H,36,43)(H,37,44)(H,40,41)/t17-,18-,19?,23+,24-,25-/m0/s1. The number of hydrogen-bond acceptors (Lipinski definition) is 10. The normalized spacial score (nSPS) is 20.6. The maximum atomic E-state index is 14.1. The minimum atomic E-state index is -1.35. The molecule has 1 saturated heterocycles. The number of likely N-dealkylation sites (tertiary alicyclic amines) is 1. The second kappa shape index (κ2) is 16.2. The largest absolute Gasteiger partial charge is 0.480 e. The molecule has 1 unspecified atom stereocenters. The number of ketones is 2. The molecule has 16 heteroatoms. The highest BCUT2D eigenvalue weighted by Gasteiger charge is 2.54. The number of hydrogen-bond donors (Lipinski definition) is 5. The van der Waals surface area contributed by atoms with Crippen LogP contribution in [0, 0.1) is 23.7 Å². The number of fused-ring (bicyclic) bond motifs is 1. The van der Waals surface area contributed by atoms with Crippen molar-refractivity contribution in [3.63, 3.8) is 0 Å². The van der Waals surface area contributed by atoms with Crippen LogP contribution in [0.1, 0.15) is 70.8 Å². The number of carbonyl (C=O) groups excluding carboxylic acids is 7. The summed E-state index contributed by atoms with van der Waals surface area (Å²) >= 11 is 0. The second-order valence-electron chi connectivity index (χ2n) is 12.5. The molecule has 1 saturated carbocycles. The van der Waals surface area contributed by atoms with Crippen molar-refractivity contribution in [2.45, 2.75) is 84.5 Å². The van der Waals surface area contributed by atoms with Gasteiger partial charge < -0.3 is 31.3 Å². The van der Waals surface area contributed by atoms with Crippen molar-refractivity contribution >= 4 is 47.1 Å². The molecule has 0 radical (unpaired) electrons. The van der Waals surface area contributed by atoms with Crippen LogP contribution in [0.3, 0.4) is 0 Å². The van der Waals surface area contributed by atoms with Crippen molar-refractivity contribution in [3.05, 3.63) is 24.3 Å². The maximum Gasteiger partial charge on any atom is 0.322 e. The summed E-state index contributed by atoms with van der Waals surface area (Å²) in [4.78, 5) is 112. The summed E-state index contributed by atoms with van der Waals surface area (Å²) in [7, 11) is 0. The Morgan fingerprint density at radius 2 is 1.66 bits per heavy atom. The van der Waals surface area contributed by atoms with Gasteiger partial charge >= 0.3 is 5.97 Å². The summed E-state index contributed by atoms with van der Waals surface area (Å²) in [5.74, 6) is -8.29. The van der Waals surface area contributed by atoms with Crippen LogP contribution >= 0.6 is 0 Å². The van der Waals surface area contributed by atoms with Gasteiger partial charge in [-0.3, -0.25) is 43.3 Å². The van der Waals surface area contributed by atoms with E-state index in [2.05, 4.69) is 25.9 Å². The molecule has 2 heterocycles. The van der Waals surface area contributed by atoms with Crippen LogP contribution in [-0.2, 0) is 33.6 Å². The third-order valence-electron chi connectivity index (χ3n) is 8.44.